The Morgan fingerprint density at radius 2 is 1.77 bits per heavy atom. The Bertz CT molecular complexity index is 629. The maximum absolute atomic E-state index is 13.0. The normalized spacial score (nSPS) is 21.4. The quantitative estimate of drug-likeness (QED) is 0.896. The second-order valence-corrected chi connectivity index (χ2v) is 6.92. The first kappa shape index (κ1) is 18.5. The van der Waals surface area contributed by atoms with Crippen LogP contribution in [-0.4, -0.2) is 55.7 Å². The molecule has 1 N–H and O–H groups in total. The van der Waals surface area contributed by atoms with Gasteiger partial charge in [0.05, 0.1) is 7.11 Å². The number of anilines is 1. The number of benzene rings is 1. The first-order chi connectivity index (χ1) is 12.6. The van der Waals surface area contributed by atoms with Gasteiger partial charge in [-0.25, -0.2) is 9.18 Å². The van der Waals surface area contributed by atoms with E-state index in [4.69, 9.17) is 4.74 Å². The molecule has 1 aromatic rings. The second-order valence-electron chi connectivity index (χ2n) is 6.92. The fourth-order valence-electron chi connectivity index (χ4n) is 3.77. The van der Waals surface area contributed by atoms with Gasteiger partial charge >= 0.3 is 6.09 Å². The Hall–Kier alpha value is -2.31. The molecule has 0 radical (unpaired) electrons. The van der Waals surface area contributed by atoms with E-state index in [1.54, 1.807) is 12.1 Å². The molecule has 2 heterocycles. The summed E-state index contributed by atoms with van der Waals surface area (Å²) in [5.74, 6) is -0.325. The van der Waals surface area contributed by atoms with E-state index < -0.39 is 12.1 Å². The van der Waals surface area contributed by atoms with E-state index in [2.05, 4.69) is 10.2 Å². The van der Waals surface area contributed by atoms with Crippen molar-refractivity contribution in [1.29, 1.82) is 0 Å². The Kier molecular flexibility index (Phi) is 5.96. The molecule has 2 aliphatic rings. The van der Waals surface area contributed by atoms with Crippen molar-refractivity contribution in [2.24, 2.45) is 0 Å². The maximum atomic E-state index is 13.0. The number of rotatable bonds is 3. The van der Waals surface area contributed by atoms with Crippen LogP contribution in [0.3, 0.4) is 0 Å². The van der Waals surface area contributed by atoms with E-state index in [-0.39, 0.29) is 17.8 Å². The van der Waals surface area contributed by atoms with Crippen molar-refractivity contribution in [3.8, 4) is 0 Å². The van der Waals surface area contributed by atoms with Crippen molar-refractivity contribution >= 4 is 17.7 Å². The van der Waals surface area contributed by atoms with Crippen LogP contribution in [0.4, 0.5) is 14.9 Å². The molecule has 3 rings (SSSR count). The zero-order valence-corrected chi connectivity index (χ0v) is 15.1. The van der Waals surface area contributed by atoms with Crippen molar-refractivity contribution in [2.75, 3.05) is 31.6 Å². The first-order valence-electron chi connectivity index (χ1n) is 9.24. The molecule has 0 spiro atoms. The Morgan fingerprint density at radius 3 is 2.42 bits per heavy atom. The minimum atomic E-state index is -0.439. The Labute approximate surface area is 153 Å². The summed E-state index contributed by atoms with van der Waals surface area (Å²) in [6.45, 7) is 2.18. The molecule has 0 bridgehead atoms. The van der Waals surface area contributed by atoms with Gasteiger partial charge in [-0.2, -0.15) is 0 Å². The van der Waals surface area contributed by atoms with Gasteiger partial charge in [0.25, 0.3) is 0 Å². The predicted octanol–water partition coefficient (Wildman–Crippen LogP) is 2.53. The summed E-state index contributed by atoms with van der Waals surface area (Å²) < 4.78 is 17.9. The lowest BCUT2D eigenvalue weighted by Crippen LogP contribution is -2.55. The minimum absolute atomic E-state index is 0.0877. The molecule has 0 aliphatic carbocycles. The standard InChI is InChI=1S/C19H26FN3O3/c1-26-19(25)23-11-3-2-4-17(23)18(24)21-15-9-12-22(13-10-15)16-7-5-14(20)6-8-16/h5-8,15,17H,2-4,9-13H2,1H3,(H,21,24)/t17-/m0/s1. The highest BCUT2D eigenvalue weighted by atomic mass is 19.1. The van der Waals surface area contributed by atoms with Crippen LogP contribution in [0, 0.1) is 5.82 Å². The average Bonchev–Trinajstić information content (AvgIpc) is 2.68. The number of nitrogens with one attached hydrogen (secondary N) is 1. The molecular formula is C19H26FN3O3. The van der Waals surface area contributed by atoms with Crippen molar-refractivity contribution in [3.63, 3.8) is 0 Å². The predicted molar refractivity (Wildman–Crippen MR) is 96.5 cm³/mol. The molecule has 0 aromatic heterocycles. The monoisotopic (exact) mass is 363 g/mol. The van der Waals surface area contributed by atoms with E-state index in [1.165, 1.54) is 24.1 Å². The van der Waals surface area contributed by atoms with Gasteiger partial charge in [-0.1, -0.05) is 0 Å². The van der Waals surface area contributed by atoms with Gasteiger partial charge in [-0.05, 0) is 56.4 Å². The fourth-order valence-corrected chi connectivity index (χ4v) is 3.77. The van der Waals surface area contributed by atoms with E-state index in [9.17, 15) is 14.0 Å². The van der Waals surface area contributed by atoms with Gasteiger partial charge < -0.3 is 15.0 Å². The molecule has 0 saturated carbocycles. The molecule has 2 saturated heterocycles. The van der Waals surface area contributed by atoms with Gasteiger partial charge in [0.2, 0.25) is 5.91 Å². The summed E-state index contributed by atoms with van der Waals surface area (Å²) in [5, 5.41) is 3.10. The van der Waals surface area contributed by atoms with Crippen LogP contribution in [0.15, 0.2) is 24.3 Å². The largest absolute Gasteiger partial charge is 0.453 e. The summed E-state index contributed by atoms with van der Waals surface area (Å²) in [6.07, 6.45) is 3.73. The number of hydrogen-bond donors (Lipinski definition) is 1. The van der Waals surface area contributed by atoms with Gasteiger partial charge in [-0.15, -0.1) is 0 Å². The number of amides is 2. The molecule has 7 heteroatoms. The second kappa shape index (κ2) is 8.38. The highest BCUT2D eigenvalue weighted by molar-refractivity contribution is 5.86. The molecule has 1 atom stereocenters. The summed E-state index contributed by atoms with van der Waals surface area (Å²) in [4.78, 5) is 28.3. The summed E-state index contributed by atoms with van der Waals surface area (Å²) in [5.41, 5.74) is 1.00. The molecule has 2 fully saturated rings. The lowest BCUT2D eigenvalue weighted by atomic mass is 9.99. The van der Waals surface area contributed by atoms with Crippen molar-refractivity contribution in [2.45, 2.75) is 44.2 Å². The molecule has 0 unspecified atom stereocenters. The Morgan fingerprint density at radius 1 is 1.08 bits per heavy atom. The molecule has 2 amide bonds. The number of likely N-dealkylation sites (tertiary alicyclic amines) is 1. The topological polar surface area (TPSA) is 61.9 Å². The Balaban J connectivity index is 1.52. The van der Waals surface area contributed by atoms with Crippen molar-refractivity contribution in [1.82, 2.24) is 10.2 Å². The summed E-state index contributed by atoms with van der Waals surface area (Å²) >= 11 is 0. The number of carbonyl (C=O) groups excluding carboxylic acids is 2. The fraction of sp³-hybridized carbons (Fsp3) is 0.579. The van der Waals surface area contributed by atoms with E-state index in [0.717, 1.165) is 44.5 Å². The molecular weight excluding hydrogens is 337 g/mol. The molecule has 26 heavy (non-hydrogen) atoms. The van der Waals surface area contributed by atoms with Crippen molar-refractivity contribution < 1.29 is 18.7 Å². The number of nitrogens with zero attached hydrogens (tertiary/aromatic N) is 2. The zero-order valence-electron chi connectivity index (χ0n) is 15.1. The SMILES string of the molecule is COC(=O)N1CCCC[C@H]1C(=O)NC1CCN(c2ccc(F)cc2)CC1. The van der Waals surface area contributed by atoms with Crippen molar-refractivity contribution in [3.05, 3.63) is 30.1 Å². The minimum Gasteiger partial charge on any atom is -0.453 e. The third kappa shape index (κ3) is 4.26. The molecule has 142 valence electrons. The number of carbonyl (C=O) groups is 2. The number of piperidine rings is 2. The number of methoxy groups -OCH3 is 1. The average molecular weight is 363 g/mol. The van der Waals surface area contributed by atoms with Crippen LogP contribution in [0.5, 0.6) is 0 Å². The van der Waals surface area contributed by atoms with Crippen LogP contribution in [0.25, 0.3) is 0 Å². The highest BCUT2D eigenvalue weighted by Crippen LogP contribution is 2.22. The molecule has 6 nitrogen and oxygen atoms in total. The van der Waals surface area contributed by atoms with Gasteiger partial charge in [0.15, 0.2) is 0 Å². The summed E-state index contributed by atoms with van der Waals surface area (Å²) in [7, 11) is 1.34. The van der Waals surface area contributed by atoms with E-state index >= 15 is 0 Å². The van der Waals surface area contributed by atoms with Gasteiger partial charge in [0, 0.05) is 31.4 Å². The lowest BCUT2D eigenvalue weighted by molar-refractivity contribution is -0.127. The molecule has 2 aliphatic heterocycles. The first-order valence-corrected chi connectivity index (χ1v) is 9.24. The zero-order chi connectivity index (χ0) is 18.5. The lowest BCUT2D eigenvalue weighted by Gasteiger charge is -2.37. The van der Waals surface area contributed by atoms with E-state index in [0.29, 0.717) is 13.0 Å². The van der Waals surface area contributed by atoms with Crippen LogP contribution in [0.2, 0.25) is 0 Å². The number of ether oxygens (including phenoxy) is 1. The third-order valence-electron chi connectivity index (χ3n) is 5.25. The van der Waals surface area contributed by atoms with Crippen LogP contribution >= 0.6 is 0 Å². The van der Waals surface area contributed by atoms with Gasteiger partial charge in [-0.3, -0.25) is 9.69 Å². The third-order valence-corrected chi connectivity index (χ3v) is 5.25. The number of halogens is 1. The number of hydrogen-bond acceptors (Lipinski definition) is 4. The maximum Gasteiger partial charge on any atom is 0.410 e. The van der Waals surface area contributed by atoms with Gasteiger partial charge in [0.1, 0.15) is 11.9 Å². The molecule has 1 aromatic carbocycles. The summed E-state index contributed by atoms with van der Waals surface area (Å²) in [6, 6.07) is 6.16. The van der Waals surface area contributed by atoms with Crippen LogP contribution in [-0.2, 0) is 9.53 Å². The smallest absolute Gasteiger partial charge is 0.410 e. The van der Waals surface area contributed by atoms with Crippen LogP contribution < -0.4 is 10.2 Å². The van der Waals surface area contributed by atoms with Crippen LogP contribution in [0.1, 0.15) is 32.1 Å². The highest BCUT2D eigenvalue weighted by Gasteiger charge is 2.34. The van der Waals surface area contributed by atoms with E-state index in [1.807, 2.05) is 0 Å².